The molecule has 4 heteroatoms. The van der Waals surface area contributed by atoms with Gasteiger partial charge < -0.3 is 0 Å². The Morgan fingerprint density at radius 3 is 1.75 bits per heavy atom. The average molecular weight is 145 g/mol. The van der Waals surface area contributed by atoms with E-state index in [1.54, 1.807) is 0 Å². The van der Waals surface area contributed by atoms with E-state index in [1.165, 1.54) is 0 Å². The Kier molecular flexibility index (Phi) is 20.4. The molecule has 0 unspecified atom stereocenters. The van der Waals surface area contributed by atoms with Crippen LogP contribution in [0.3, 0.4) is 0 Å². The summed E-state index contributed by atoms with van der Waals surface area (Å²) in [5, 5.41) is 0. The number of rotatable bonds is 0. The van der Waals surface area contributed by atoms with Crippen molar-refractivity contribution in [1.82, 2.24) is 0 Å². The summed E-state index contributed by atoms with van der Waals surface area (Å²) in [5.41, 5.74) is 0. The zero-order valence-corrected chi connectivity index (χ0v) is 7.94. The van der Waals surface area contributed by atoms with E-state index in [9.17, 15) is 0 Å². The molecule has 0 aromatic carbocycles. The van der Waals surface area contributed by atoms with Gasteiger partial charge in [-0.1, -0.05) is 0 Å². The van der Waals surface area contributed by atoms with Crippen molar-refractivity contribution in [1.29, 1.82) is 0 Å². The molecule has 0 aromatic heterocycles. The molecule has 0 amide bonds. The third kappa shape index (κ3) is 9.22. The van der Waals surface area contributed by atoms with E-state index in [2.05, 4.69) is 0 Å². The van der Waals surface area contributed by atoms with Gasteiger partial charge >= 0.3 is 75.0 Å². The molecule has 0 saturated heterocycles. The first kappa shape index (κ1) is 9.24. The zero-order valence-electron chi connectivity index (χ0n) is 2.39. The summed E-state index contributed by atoms with van der Waals surface area (Å²) >= 11 is -2.19. The molecule has 2 nitrogen and oxygen atoms in total. The molecule has 0 N–H and O–H groups in total. The zero-order chi connectivity index (χ0) is 2.71. The van der Waals surface area contributed by atoms with Crippen molar-refractivity contribution in [2.24, 2.45) is 0 Å². The quantitative estimate of drug-likeness (QED) is 0.320. The first-order valence-corrected chi connectivity index (χ1v) is 2.45. The molecule has 0 rings (SSSR count). The summed E-state index contributed by atoms with van der Waals surface area (Å²) in [7, 11) is 0. The molecule has 0 saturated carbocycles. The van der Waals surface area contributed by atoms with Crippen LogP contribution in [0.5, 0.6) is 0 Å². The van der Waals surface area contributed by atoms with Crippen LogP contribution in [0.25, 0.3) is 0 Å². The predicted octanol–water partition coefficient (Wildman–Crippen LogP) is -4.95. The molecule has 18 valence electrons. The van der Waals surface area contributed by atoms with Crippen molar-refractivity contribution < 1.29 is 59.3 Å². The summed E-state index contributed by atoms with van der Waals surface area (Å²) in [5.74, 6) is 0. The first-order chi connectivity index (χ1) is 1.41. The van der Waals surface area contributed by atoms with Crippen LogP contribution in [-0.4, -0.2) is 15.7 Å². The van der Waals surface area contributed by atoms with E-state index in [4.69, 9.17) is 7.91 Å². The van der Waals surface area contributed by atoms with Crippen molar-refractivity contribution in [2.45, 2.75) is 0 Å². The van der Waals surface area contributed by atoms with Crippen molar-refractivity contribution in [3.05, 3.63) is 0 Å². The van der Waals surface area contributed by atoms with Crippen LogP contribution in [-0.2, 0) is 3.78 Å². The Balaban J connectivity index is 0. The van der Waals surface area contributed by atoms with Gasteiger partial charge in [-0.15, -0.1) is 0 Å². The second-order valence-electron chi connectivity index (χ2n) is 0.0962. The molecule has 0 aromatic rings. The summed E-state index contributed by atoms with van der Waals surface area (Å²) in [6.45, 7) is 0. The molecule has 0 bridgehead atoms. The normalized spacial score (nSPS) is 3.00. The van der Waals surface area contributed by atoms with Crippen molar-refractivity contribution in [3.8, 4) is 0 Å². The first-order valence-electron chi connectivity index (χ1n) is 0.471. The SMILES string of the molecule is [K+].[O]=[GeH][O-]. The monoisotopic (exact) mass is 146 g/mol. The van der Waals surface area contributed by atoms with Crippen LogP contribution in [0.1, 0.15) is 0 Å². The van der Waals surface area contributed by atoms with Gasteiger partial charge in [-0.2, -0.15) is 0 Å². The Hall–Kier alpha value is 1.78. The van der Waals surface area contributed by atoms with E-state index in [-0.39, 0.29) is 51.4 Å². The molecule has 0 heterocycles. The van der Waals surface area contributed by atoms with Gasteiger partial charge in [-0.25, -0.2) is 0 Å². The van der Waals surface area contributed by atoms with Gasteiger partial charge in [-0.05, 0) is 0 Å². The third-order valence-corrected chi connectivity index (χ3v) is 0. The average Bonchev–Trinajstić information content (AvgIpc) is 0.918. The topological polar surface area (TPSA) is 40.1 Å². The molecule has 0 spiro atoms. The molecular weight excluding hydrogens is 144 g/mol. The van der Waals surface area contributed by atoms with Gasteiger partial charge in [0.25, 0.3) is 0 Å². The molecule has 0 fully saturated rings. The van der Waals surface area contributed by atoms with Gasteiger partial charge in [0, 0.05) is 0 Å². The Morgan fingerprint density at radius 1 is 1.75 bits per heavy atom. The fourth-order valence-electron chi connectivity index (χ4n) is 0. The number of hydrogen-bond acceptors (Lipinski definition) is 2. The van der Waals surface area contributed by atoms with E-state index >= 15 is 0 Å². The van der Waals surface area contributed by atoms with Gasteiger partial charge in [0.05, 0.1) is 0 Å². The molecule has 0 aliphatic heterocycles. The molecule has 0 atom stereocenters. The van der Waals surface area contributed by atoms with Crippen LogP contribution in [0.4, 0.5) is 0 Å². The Morgan fingerprint density at radius 2 is 1.75 bits per heavy atom. The summed E-state index contributed by atoms with van der Waals surface area (Å²) in [6.07, 6.45) is 0. The third-order valence-electron chi connectivity index (χ3n) is 0. The molecule has 0 aliphatic rings. The van der Waals surface area contributed by atoms with Gasteiger partial charge in [0.1, 0.15) is 0 Å². The Labute approximate surface area is 73.4 Å². The second kappa shape index (κ2) is 8.84. The predicted molar refractivity (Wildman–Crippen MR) is 7.84 cm³/mol. The van der Waals surface area contributed by atoms with Crippen molar-refractivity contribution in [2.75, 3.05) is 0 Å². The van der Waals surface area contributed by atoms with Crippen LogP contribution >= 0.6 is 0 Å². The second-order valence-corrected chi connectivity index (χ2v) is 0.500. The van der Waals surface area contributed by atoms with Gasteiger partial charge in [0.15, 0.2) is 0 Å². The van der Waals surface area contributed by atoms with Crippen LogP contribution in [0, 0.1) is 0 Å². The van der Waals surface area contributed by atoms with Gasteiger partial charge in [0.2, 0.25) is 0 Å². The molecule has 0 radical (unpaired) electrons. The van der Waals surface area contributed by atoms with Crippen molar-refractivity contribution >= 4 is 15.7 Å². The Bertz CT molecular complexity index is 13.5. The maximum atomic E-state index is 8.53. The van der Waals surface area contributed by atoms with E-state index in [0.717, 1.165) is 0 Å². The van der Waals surface area contributed by atoms with Crippen LogP contribution in [0.2, 0.25) is 0 Å². The number of hydrogen-bond donors (Lipinski definition) is 0. The van der Waals surface area contributed by atoms with Crippen molar-refractivity contribution in [3.63, 3.8) is 0 Å². The maximum absolute atomic E-state index is 8.53. The fraction of sp³-hybridized carbons (Fsp3) is 0. The molecule has 4 heavy (non-hydrogen) atoms. The summed E-state index contributed by atoms with van der Waals surface area (Å²) in [4.78, 5) is 0. The van der Waals surface area contributed by atoms with Crippen LogP contribution < -0.4 is 55.5 Å². The van der Waals surface area contributed by atoms with E-state index < -0.39 is 15.7 Å². The van der Waals surface area contributed by atoms with E-state index in [0.29, 0.717) is 0 Å². The summed E-state index contributed by atoms with van der Waals surface area (Å²) in [6, 6.07) is 0. The minimum atomic E-state index is -2.19. The van der Waals surface area contributed by atoms with Crippen LogP contribution in [0.15, 0.2) is 0 Å². The molecule has 0 aliphatic carbocycles. The fourth-order valence-corrected chi connectivity index (χ4v) is 0. The van der Waals surface area contributed by atoms with Gasteiger partial charge in [-0.3, -0.25) is 0 Å². The standard InChI is InChI=1S/GeHO2.K/c2-1-3;/h1H;/q-1;+1. The minimum absolute atomic E-state index is 0. The molecular formula is HGeKO2. The summed E-state index contributed by atoms with van der Waals surface area (Å²) < 4.78 is 17.1. The van der Waals surface area contributed by atoms with E-state index in [1.807, 2.05) is 0 Å².